The molecule has 0 fully saturated rings. The second-order valence-corrected chi connectivity index (χ2v) is 3.17. The summed E-state index contributed by atoms with van der Waals surface area (Å²) in [6, 6.07) is 7.85. The van der Waals surface area contributed by atoms with Crippen LogP contribution in [0.4, 0.5) is 0 Å². The van der Waals surface area contributed by atoms with Crippen molar-refractivity contribution in [3.05, 3.63) is 34.9 Å². The summed E-state index contributed by atoms with van der Waals surface area (Å²) < 4.78 is 0. The average Bonchev–Trinajstić information content (AvgIpc) is 2.16. The molecule has 1 aromatic carbocycles. The van der Waals surface area contributed by atoms with E-state index in [0.29, 0.717) is 5.56 Å². The van der Waals surface area contributed by atoms with Crippen molar-refractivity contribution < 1.29 is 0 Å². The van der Waals surface area contributed by atoms with Crippen LogP contribution >= 0.6 is 0 Å². The fraction of sp³-hybridized carbons (Fsp3) is 0.364. The smallest absolute Gasteiger partial charge is 0.0991 e. The summed E-state index contributed by atoms with van der Waals surface area (Å²) in [5.41, 5.74) is 8.82. The zero-order valence-electron chi connectivity index (χ0n) is 8.04. The van der Waals surface area contributed by atoms with Crippen LogP contribution in [0.25, 0.3) is 0 Å². The van der Waals surface area contributed by atoms with Gasteiger partial charge >= 0.3 is 0 Å². The Kier molecular flexibility index (Phi) is 3.05. The van der Waals surface area contributed by atoms with Gasteiger partial charge < -0.3 is 5.73 Å². The Morgan fingerprint density at radius 2 is 2.23 bits per heavy atom. The van der Waals surface area contributed by atoms with E-state index < -0.39 is 0 Å². The van der Waals surface area contributed by atoms with E-state index in [1.807, 2.05) is 25.1 Å². The van der Waals surface area contributed by atoms with Gasteiger partial charge in [-0.25, -0.2) is 0 Å². The predicted octanol–water partition coefficient (Wildman–Crippen LogP) is 2.14. The molecule has 0 aromatic heterocycles. The molecule has 68 valence electrons. The molecule has 0 bridgehead atoms. The largest absolute Gasteiger partial charge is 0.324 e. The predicted molar refractivity (Wildman–Crippen MR) is 53.1 cm³/mol. The van der Waals surface area contributed by atoms with Gasteiger partial charge in [0.05, 0.1) is 11.6 Å². The summed E-state index contributed by atoms with van der Waals surface area (Å²) in [5.74, 6) is 0. The zero-order chi connectivity index (χ0) is 9.84. The summed E-state index contributed by atoms with van der Waals surface area (Å²) in [4.78, 5) is 0. The van der Waals surface area contributed by atoms with E-state index in [1.54, 1.807) is 0 Å². The zero-order valence-corrected chi connectivity index (χ0v) is 8.04. The number of nitrogens with two attached hydrogens (primary N) is 1. The Morgan fingerprint density at radius 3 is 2.69 bits per heavy atom. The van der Waals surface area contributed by atoms with E-state index in [1.165, 1.54) is 5.56 Å². The van der Waals surface area contributed by atoms with Crippen molar-refractivity contribution in [2.75, 3.05) is 0 Å². The first-order valence-corrected chi connectivity index (χ1v) is 4.47. The van der Waals surface area contributed by atoms with Crippen molar-refractivity contribution in [2.45, 2.75) is 26.3 Å². The van der Waals surface area contributed by atoms with Gasteiger partial charge in [-0.3, -0.25) is 0 Å². The van der Waals surface area contributed by atoms with Gasteiger partial charge in [0, 0.05) is 6.04 Å². The van der Waals surface area contributed by atoms with Gasteiger partial charge in [-0.15, -0.1) is 0 Å². The highest BCUT2D eigenvalue weighted by atomic mass is 14.6. The lowest BCUT2D eigenvalue weighted by Crippen LogP contribution is -2.08. The molecule has 1 unspecified atom stereocenters. The molecule has 13 heavy (non-hydrogen) atoms. The molecule has 0 spiro atoms. The van der Waals surface area contributed by atoms with Crippen molar-refractivity contribution in [2.24, 2.45) is 5.73 Å². The highest BCUT2D eigenvalue weighted by Gasteiger charge is 2.05. The fourth-order valence-corrected chi connectivity index (χ4v) is 1.43. The summed E-state index contributed by atoms with van der Waals surface area (Å²) in [5, 5.41) is 8.71. The highest BCUT2D eigenvalue weighted by molar-refractivity contribution is 5.39. The van der Waals surface area contributed by atoms with Gasteiger partial charge in [0.2, 0.25) is 0 Å². The van der Waals surface area contributed by atoms with Gasteiger partial charge in [-0.1, -0.05) is 13.0 Å². The standard InChI is InChI=1S/C11H14N2/c1-3-10-6-9(7-12)4-5-11(10)8(2)13/h4-6,8H,3,13H2,1-2H3. The molecular weight excluding hydrogens is 160 g/mol. The maximum atomic E-state index is 8.71. The summed E-state index contributed by atoms with van der Waals surface area (Å²) >= 11 is 0. The molecule has 0 aliphatic rings. The van der Waals surface area contributed by atoms with E-state index in [2.05, 4.69) is 13.0 Å². The Labute approximate surface area is 79.0 Å². The van der Waals surface area contributed by atoms with Crippen molar-refractivity contribution >= 4 is 0 Å². The Hall–Kier alpha value is -1.33. The van der Waals surface area contributed by atoms with Gasteiger partial charge in [-0.05, 0) is 36.6 Å². The van der Waals surface area contributed by atoms with Crippen LogP contribution in [0.3, 0.4) is 0 Å². The van der Waals surface area contributed by atoms with Crippen LogP contribution in [-0.2, 0) is 6.42 Å². The van der Waals surface area contributed by atoms with Crippen molar-refractivity contribution in [3.8, 4) is 6.07 Å². The van der Waals surface area contributed by atoms with Crippen LogP contribution in [-0.4, -0.2) is 0 Å². The quantitative estimate of drug-likeness (QED) is 0.746. The minimum atomic E-state index is 0.0442. The lowest BCUT2D eigenvalue weighted by Gasteiger charge is -2.11. The molecule has 0 amide bonds. The maximum absolute atomic E-state index is 8.71. The number of nitrogens with zero attached hydrogens (tertiary/aromatic N) is 1. The fourth-order valence-electron chi connectivity index (χ4n) is 1.43. The molecule has 0 saturated carbocycles. The van der Waals surface area contributed by atoms with E-state index in [4.69, 9.17) is 11.0 Å². The summed E-state index contributed by atoms with van der Waals surface area (Å²) in [6.45, 7) is 4.03. The Bertz CT molecular complexity index is 334. The summed E-state index contributed by atoms with van der Waals surface area (Å²) in [6.07, 6.45) is 0.923. The number of hydrogen-bond acceptors (Lipinski definition) is 2. The van der Waals surface area contributed by atoms with Crippen LogP contribution in [0, 0.1) is 11.3 Å². The number of nitriles is 1. The maximum Gasteiger partial charge on any atom is 0.0991 e. The molecular formula is C11H14N2. The molecule has 0 aliphatic carbocycles. The van der Waals surface area contributed by atoms with Gasteiger partial charge in [0.1, 0.15) is 0 Å². The molecule has 1 aromatic rings. The average molecular weight is 174 g/mol. The lowest BCUT2D eigenvalue weighted by atomic mass is 9.98. The molecule has 2 heteroatoms. The first-order valence-electron chi connectivity index (χ1n) is 4.47. The molecule has 1 rings (SSSR count). The second-order valence-electron chi connectivity index (χ2n) is 3.17. The van der Waals surface area contributed by atoms with E-state index in [0.717, 1.165) is 12.0 Å². The molecule has 1 atom stereocenters. The van der Waals surface area contributed by atoms with Crippen molar-refractivity contribution in [1.29, 1.82) is 5.26 Å². The third-order valence-corrected chi connectivity index (χ3v) is 2.14. The van der Waals surface area contributed by atoms with Gasteiger partial charge in [-0.2, -0.15) is 5.26 Å². The molecule has 0 aliphatic heterocycles. The van der Waals surface area contributed by atoms with Crippen LogP contribution in [0.1, 0.15) is 36.6 Å². The number of hydrogen-bond donors (Lipinski definition) is 1. The third-order valence-electron chi connectivity index (χ3n) is 2.14. The van der Waals surface area contributed by atoms with Crippen LogP contribution in [0.2, 0.25) is 0 Å². The Balaban J connectivity index is 3.17. The molecule has 0 radical (unpaired) electrons. The SMILES string of the molecule is CCc1cc(C#N)ccc1C(C)N. The van der Waals surface area contributed by atoms with E-state index in [-0.39, 0.29) is 6.04 Å². The number of benzene rings is 1. The summed E-state index contributed by atoms with van der Waals surface area (Å²) in [7, 11) is 0. The molecule has 0 heterocycles. The normalized spacial score (nSPS) is 12.2. The lowest BCUT2D eigenvalue weighted by molar-refractivity contribution is 0.801. The van der Waals surface area contributed by atoms with Crippen LogP contribution in [0.5, 0.6) is 0 Å². The second kappa shape index (κ2) is 4.06. The topological polar surface area (TPSA) is 49.8 Å². The molecule has 2 N–H and O–H groups in total. The Morgan fingerprint density at radius 1 is 1.54 bits per heavy atom. The van der Waals surface area contributed by atoms with Gasteiger partial charge in [0.15, 0.2) is 0 Å². The molecule has 0 saturated heterocycles. The number of rotatable bonds is 2. The minimum Gasteiger partial charge on any atom is -0.324 e. The van der Waals surface area contributed by atoms with Crippen LogP contribution < -0.4 is 5.73 Å². The van der Waals surface area contributed by atoms with E-state index in [9.17, 15) is 0 Å². The molecule has 2 nitrogen and oxygen atoms in total. The minimum absolute atomic E-state index is 0.0442. The van der Waals surface area contributed by atoms with Crippen molar-refractivity contribution in [3.63, 3.8) is 0 Å². The third kappa shape index (κ3) is 2.07. The van der Waals surface area contributed by atoms with Gasteiger partial charge in [0.25, 0.3) is 0 Å². The van der Waals surface area contributed by atoms with E-state index >= 15 is 0 Å². The first kappa shape index (κ1) is 9.76. The van der Waals surface area contributed by atoms with Crippen molar-refractivity contribution in [1.82, 2.24) is 0 Å². The number of aryl methyl sites for hydroxylation is 1. The first-order chi connectivity index (χ1) is 6.19. The monoisotopic (exact) mass is 174 g/mol. The highest BCUT2D eigenvalue weighted by Crippen LogP contribution is 2.17. The van der Waals surface area contributed by atoms with Crippen LogP contribution in [0.15, 0.2) is 18.2 Å².